The molecular formula is C32H28O11. The van der Waals surface area contributed by atoms with Gasteiger partial charge in [0.15, 0.2) is 5.78 Å². The molecule has 0 saturated carbocycles. The van der Waals surface area contributed by atoms with Crippen molar-refractivity contribution in [3.8, 4) is 23.0 Å². The van der Waals surface area contributed by atoms with Gasteiger partial charge in [-0.05, 0) is 87.5 Å². The highest BCUT2D eigenvalue weighted by Crippen LogP contribution is 2.27. The molecule has 3 aromatic carbocycles. The third kappa shape index (κ3) is 9.42. The van der Waals surface area contributed by atoms with Gasteiger partial charge in [0.05, 0.1) is 16.7 Å². The molecule has 0 fully saturated rings. The first kappa shape index (κ1) is 31.8. The molecule has 3 rings (SSSR count). The molecule has 11 nitrogen and oxygen atoms in total. The Morgan fingerprint density at radius 1 is 0.581 bits per heavy atom. The number of hydrogen-bond acceptors (Lipinski definition) is 11. The number of carbonyl (C=O) groups excluding carboxylic acids is 5. The van der Waals surface area contributed by atoms with Gasteiger partial charge in [-0.3, -0.25) is 4.79 Å². The van der Waals surface area contributed by atoms with Crippen molar-refractivity contribution in [3.63, 3.8) is 0 Å². The Labute approximate surface area is 247 Å². The predicted molar refractivity (Wildman–Crippen MR) is 152 cm³/mol. The van der Waals surface area contributed by atoms with Gasteiger partial charge in [0.2, 0.25) is 13.6 Å². The van der Waals surface area contributed by atoms with Crippen molar-refractivity contribution >= 4 is 29.7 Å². The van der Waals surface area contributed by atoms with Gasteiger partial charge in [0.1, 0.15) is 23.0 Å². The van der Waals surface area contributed by atoms with Crippen LogP contribution in [0.4, 0.5) is 0 Å². The van der Waals surface area contributed by atoms with Crippen molar-refractivity contribution in [3.05, 3.63) is 108 Å². The minimum atomic E-state index is -0.746. The van der Waals surface area contributed by atoms with Gasteiger partial charge < -0.3 is 28.4 Å². The van der Waals surface area contributed by atoms with E-state index in [-0.39, 0.29) is 52.9 Å². The third-order valence-electron chi connectivity index (χ3n) is 5.45. The van der Waals surface area contributed by atoms with Gasteiger partial charge >= 0.3 is 23.9 Å². The molecule has 3 aromatic rings. The first-order valence-electron chi connectivity index (χ1n) is 12.6. The molecule has 11 heteroatoms. The quantitative estimate of drug-likeness (QED) is 0.0851. The lowest BCUT2D eigenvalue weighted by Gasteiger charge is -2.12. The summed E-state index contributed by atoms with van der Waals surface area (Å²) in [6, 6.07) is 15.7. The molecule has 0 heterocycles. The fourth-order valence-corrected chi connectivity index (χ4v) is 3.18. The highest BCUT2D eigenvalue weighted by molar-refractivity contribution is 6.00. The van der Waals surface area contributed by atoms with Crippen molar-refractivity contribution in [2.45, 2.75) is 20.8 Å². The zero-order valence-corrected chi connectivity index (χ0v) is 23.7. The standard InChI is InChI=1S/C32H28O11/c1-19(2)29(34)40-17-38-24-10-6-22(7-11-24)31(36)42-26-14-15-28(27(16-26)21(5)33)43-32(37)23-8-12-25(13-9-23)39-18-41-30(35)20(3)4/h6-16H,1,3,17-18H2,2,4-5H3. The lowest BCUT2D eigenvalue weighted by atomic mass is 10.1. The monoisotopic (exact) mass is 588 g/mol. The second-order valence-electron chi connectivity index (χ2n) is 8.99. The first-order chi connectivity index (χ1) is 20.4. The molecule has 0 bridgehead atoms. The van der Waals surface area contributed by atoms with E-state index in [4.69, 9.17) is 28.4 Å². The van der Waals surface area contributed by atoms with Crippen LogP contribution in [0.25, 0.3) is 0 Å². The van der Waals surface area contributed by atoms with E-state index in [1.165, 1.54) is 87.5 Å². The first-order valence-corrected chi connectivity index (χ1v) is 12.6. The minimum absolute atomic E-state index is 0.0194. The highest BCUT2D eigenvalue weighted by Gasteiger charge is 2.18. The lowest BCUT2D eigenvalue weighted by molar-refractivity contribution is -0.146. The normalized spacial score (nSPS) is 10.1. The van der Waals surface area contributed by atoms with E-state index in [1.54, 1.807) is 0 Å². The number of ether oxygens (including phenoxy) is 6. The van der Waals surface area contributed by atoms with Crippen LogP contribution >= 0.6 is 0 Å². The van der Waals surface area contributed by atoms with E-state index < -0.39 is 29.7 Å². The summed E-state index contributed by atoms with van der Waals surface area (Å²) in [5, 5.41) is 0. The summed E-state index contributed by atoms with van der Waals surface area (Å²) in [4.78, 5) is 60.4. The zero-order chi connectivity index (χ0) is 31.5. The Morgan fingerprint density at radius 2 is 1.00 bits per heavy atom. The maximum atomic E-state index is 12.7. The fraction of sp³-hybridized carbons (Fsp3) is 0.156. The molecule has 0 unspecified atom stereocenters. The van der Waals surface area contributed by atoms with Gasteiger partial charge in [-0.25, -0.2) is 19.2 Å². The number of Topliss-reactive ketones (excluding diaryl/α,β-unsaturated/α-hetero) is 1. The molecule has 0 saturated heterocycles. The summed E-state index contributed by atoms with van der Waals surface area (Å²) in [6.45, 7) is 10.6. The molecule has 0 aliphatic rings. The number of ketones is 1. The van der Waals surface area contributed by atoms with E-state index in [1.807, 2.05) is 0 Å². The van der Waals surface area contributed by atoms with E-state index in [2.05, 4.69) is 13.2 Å². The topological polar surface area (TPSA) is 141 Å². The van der Waals surface area contributed by atoms with E-state index in [0.29, 0.717) is 11.5 Å². The molecule has 0 aliphatic carbocycles. The van der Waals surface area contributed by atoms with Crippen LogP contribution in [0.15, 0.2) is 91.0 Å². The van der Waals surface area contributed by atoms with Crippen LogP contribution in [0, 0.1) is 0 Å². The van der Waals surface area contributed by atoms with Crippen LogP contribution < -0.4 is 18.9 Å². The average Bonchev–Trinajstić information content (AvgIpc) is 2.98. The summed E-state index contributed by atoms with van der Waals surface area (Å²) in [5.74, 6) is -2.36. The molecular weight excluding hydrogens is 560 g/mol. The second kappa shape index (κ2) is 14.8. The van der Waals surface area contributed by atoms with Crippen molar-refractivity contribution in [1.29, 1.82) is 0 Å². The van der Waals surface area contributed by atoms with E-state index in [0.717, 1.165) is 0 Å². The number of hydrogen-bond donors (Lipinski definition) is 0. The SMILES string of the molecule is C=C(C)C(=O)OCOc1ccc(C(=O)Oc2ccc(OC(=O)c3ccc(OCOC(=O)C(=C)C)cc3)c(C(C)=O)c2)cc1. The van der Waals surface area contributed by atoms with Crippen LogP contribution in [0.5, 0.6) is 23.0 Å². The van der Waals surface area contributed by atoms with Crippen molar-refractivity contribution in [1.82, 2.24) is 0 Å². The third-order valence-corrected chi connectivity index (χ3v) is 5.45. The van der Waals surface area contributed by atoms with Crippen LogP contribution in [-0.2, 0) is 19.1 Å². The zero-order valence-electron chi connectivity index (χ0n) is 23.7. The Kier molecular flexibility index (Phi) is 10.9. The van der Waals surface area contributed by atoms with Gasteiger partial charge in [-0.1, -0.05) is 13.2 Å². The Morgan fingerprint density at radius 3 is 1.42 bits per heavy atom. The fourth-order valence-electron chi connectivity index (χ4n) is 3.18. The Bertz CT molecular complexity index is 1550. The van der Waals surface area contributed by atoms with Crippen molar-refractivity contribution in [2.75, 3.05) is 13.6 Å². The maximum Gasteiger partial charge on any atom is 0.343 e. The number of carbonyl (C=O) groups is 5. The molecule has 0 amide bonds. The summed E-state index contributed by atoms with van der Waals surface area (Å²) < 4.78 is 31.1. The summed E-state index contributed by atoms with van der Waals surface area (Å²) in [7, 11) is 0. The summed E-state index contributed by atoms with van der Waals surface area (Å²) >= 11 is 0. The molecule has 0 atom stereocenters. The minimum Gasteiger partial charge on any atom is -0.457 e. The van der Waals surface area contributed by atoms with Gasteiger partial charge in [0, 0.05) is 11.1 Å². The number of rotatable bonds is 13. The molecule has 0 aliphatic heterocycles. The second-order valence-corrected chi connectivity index (χ2v) is 8.99. The van der Waals surface area contributed by atoms with Crippen LogP contribution in [-0.4, -0.2) is 43.2 Å². The number of benzene rings is 3. The van der Waals surface area contributed by atoms with Gasteiger partial charge in [-0.15, -0.1) is 0 Å². The Balaban J connectivity index is 1.60. The predicted octanol–water partition coefficient (Wildman–Crippen LogP) is 5.24. The van der Waals surface area contributed by atoms with Crippen LogP contribution in [0.1, 0.15) is 51.8 Å². The average molecular weight is 589 g/mol. The molecule has 0 spiro atoms. The summed E-state index contributed by atoms with van der Waals surface area (Å²) in [6.07, 6.45) is 0. The van der Waals surface area contributed by atoms with E-state index >= 15 is 0 Å². The molecule has 0 aromatic heterocycles. The van der Waals surface area contributed by atoms with Gasteiger partial charge in [0.25, 0.3) is 0 Å². The maximum absolute atomic E-state index is 12.7. The molecule has 0 radical (unpaired) electrons. The van der Waals surface area contributed by atoms with Crippen LogP contribution in [0.2, 0.25) is 0 Å². The van der Waals surface area contributed by atoms with Crippen molar-refractivity contribution < 1.29 is 52.4 Å². The molecule has 222 valence electrons. The molecule has 0 N–H and O–H groups in total. The Hall–Kier alpha value is -5.71. The molecule has 43 heavy (non-hydrogen) atoms. The smallest absolute Gasteiger partial charge is 0.343 e. The highest BCUT2D eigenvalue weighted by atomic mass is 16.7. The summed E-state index contributed by atoms with van der Waals surface area (Å²) in [5.41, 5.74) is 0.840. The van der Waals surface area contributed by atoms with Crippen molar-refractivity contribution in [2.24, 2.45) is 0 Å². The van der Waals surface area contributed by atoms with Gasteiger partial charge in [-0.2, -0.15) is 0 Å². The van der Waals surface area contributed by atoms with E-state index in [9.17, 15) is 24.0 Å². The lowest BCUT2D eigenvalue weighted by Crippen LogP contribution is -2.13. The number of esters is 4. The van der Waals surface area contributed by atoms with Crippen LogP contribution in [0.3, 0.4) is 0 Å². The largest absolute Gasteiger partial charge is 0.457 e.